The first kappa shape index (κ1) is 80.3. The standard InChI is InChI=1S/C11H26N2.4CH4.B3.B2.5B/c1-6-11(12(7-2)8-3)13(9-4)10-5;;;;;1-3-2;1-2;;;;;/h11H,6-10H2,1-5H3;4*1H4;;;;;;;. The Morgan fingerprint density at radius 3 is 0.815 bits per heavy atom. The third kappa shape index (κ3) is 46.5. The van der Waals surface area contributed by atoms with Gasteiger partial charge in [0, 0.05) is 80.1 Å². The summed E-state index contributed by atoms with van der Waals surface area (Å²) in [6, 6.07) is 0. The van der Waals surface area contributed by atoms with E-state index >= 15 is 0 Å². The maximum Gasteiger partial charge on any atom is 0.0619 e. The molecule has 0 atom stereocenters. The number of rotatable bonds is 7. The Morgan fingerprint density at radius 2 is 0.741 bits per heavy atom. The highest BCUT2D eigenvalue weighted by atomic mass is 15.3. The molecule has 0 aromatic heterocycles. The highest BCUT2D eigenvalue weighted by Crippen LogP contribution is 2.09. The van der Waals surface area contributed by atoms with Gasteiger partial charge in [0.05, 0.1) is 6.17 Å². The molecule has 142 valence electrons. The van der Waals surface area contributed by atoms with Gasteiger partial charge in [0.25, 0.3) is 0 Å². The van der Waals surface area contributed by atoms with E-state index in [1.165, 1.54) is 6.42 Å². The lowest BCUT2D eigenvalue weighted by atomic mass is 9.40. The molecule has 0 spiro atoms. The Bertz CT molecular complexity index is 132. The van der Waals surface area contributed by atoms with E-state index in [1.807, 2.05) is 0 Å². The summed E-state index contributed by atoms with van der Waals surface area (Å²) >= 11 is 0. The van der Waals surface area contributed by atoms with Crippen LogP contribution in [0.4, 0.5) is 0 Å². The van der Waals surface area contributed by atoms with E-state index in [0.29, 0.717) is 6.17 Å². The van der Waals surface area contributed by atoms with Crippen molar-refractivity contribution in [3.8, 4) is 0 Å². The van der Waals surface area contributed by atoms with Gasteiger partial charge in [-0.15, -0.1) is 0 Å². The fraction of sp³-hybridized carbons (Fsp3) is 1.00. The van der Waals surface area contributed by atoms with Crippen LogP contribution in [-0.4, -0.2) is 122 Å². The zero-order valence-electron chi connectivity index (χ0n) is 15.8. The molecule has 0 heterocycles. The zero-order valence-corrected chi connectivity index (χ0v) is 15.8. The van der Waals surface area contributed by atoms with Crippen LogP contribution in [0.15, 0.2) is 0 Å². The lowest BCUT2D eigenvalue weighted by Gasteiger charge is -2.37. The average Bonchev–Trinajstić information content (AvgIpc) is 2.42. The maximum atomic E-state index is 4.50. The number of nitrogens with zero attached hydrogens (tertiary/aromatic N) is 2. The SMILES string of the molecule is C.C.C.C.CCC(N(CC)CC)N(CC)CC.[B].[B].[B].[B].[B].[B][B].[B][B][B]. The van der Waals surface area contributed by atoms with Crippen LogP contribution in [0.1, 0.15) is 70.7 Å². The van der Waals surface area contributed by atoms with Crippen molar-refractivity contribution >= 4 is 80.1 Å². The van der Waals surface area contributed by atoms with Gasteiger partial charge in [-0.2, -0.15) is 0 Å². The zero-order chi connectivity index (χ0) is 15.0. The summed E-state index contributed by atoms with van der Waals surface area (Å²) in [5.41, 5.74) is 0. The van der Waals surface area contributed by atoms with Crippen LogP contribution in [0.2, 0.25) is 0 Å². The molecule has 0 saturated carbocycles. The number of hydrogen-bond donors (Lipinski definition) is 0. The Kier molecular flexibility index (Phi) is 213. The highest BCUT2D eigenvalue weighted by molar-refractivity contribution is 7.17. The first-order valence-corrected chi connectivity index (χ1v) is 6.73. The lowest BCUT2D eigenvalue weighted by molar-refractivity contribution is 0.0539. The topological polar surface area (TPSA) is 6.48 Å². The Balaban J connectivity index is -0.0000000147. The van der Waals surface area contributed by atoms with Crippen molar-refractivity contribution in [2.75, 3.05) is 26.2 Å². The third-order valence-corrected chi connectivity index (χ3v) is 2.83. The third-order valence-electron chi connectivity index (χ3n) is 2.83. The summed E-state index contributed by atoms with van der Waals surface area (Å²) in [6.07, 6.45) is 1.87. The van der Waals surface area contributed by atoms with E-state index in [1.54, 1.807) is 0 Å². The van der Waals surface area contributed by atoms with Gasteiger partial charge in [0.1, 0.15) is 0 Å². The van der Waals surface area contributed by atoms with Crippen molar-refractivity contribution in [1.29, 1.82) is 0 Å². The molecule has 0 N–H and O–H groups in total. The molecule has 12 heteroatoms. The molecule has 0 aliphatic heterocycles. The van der Waals surface area contributed by atoms with Crippen LogP contribution in [0.5, 0.6) is 0 Å². The van der Waals surface area contributed by atoms with Gasteiger partial charge < -0.3 is 0 Å². The average molecular weight is 359 g/mol. The fourth-order valence-electron chi connectivity index (χ4n) is 2.04. The Labute approximate surface area is 193 Å². The van der Waals surface area contributed by atoms with Crippen LogP contribution >= 0.6 is 0 Å². The molecule has 2 nitrogen and oxygen atoms in total. The summed E-state index contributed by atoms with van der Waals surface area (Å²) in [6.45, 7) is 15.9. The molecular formula is C15H42B10N2. The predicted molar refractivity (Wildman–Crippen MR) is 144 cm³/mol. The van der Waals surface area contributed by atoms with Gasteiger partial charge in [-0.3, -0.25) is 9.80 Å². The maximum absolute atomic E-state index is 4.50. The van der Waals surface area contributed by atoms with E-state index in [4.69, 9.17) is 0 Å². The summed E-state index contributed by atoms with van der Waals surface area (Å²) in [4.78, 5) is 5.07. The predicted octanol–water partition coefficient (Wildman–Crippen LogP) is 1.14. The van der Waals surface area contributed by atoms with Gasteiger partial charge in [0.2, 0.25) is 0 Å². The molecule has 0 aromatic carbocycles. The molecule has 27 heavy (non-hydrogen) atoms. The van der Waals surface area contributed by atoms with Gasteiger partial charge in [-0.05, 0) is 32.6 Å². The van der Waals surface area contributed by atoms with Crippen LogP contribution < -0.4 is 0 Å². The molecule has 0 fully saturated rings. The molecule has 0 aliphatic rings. The molecule has 0 rings (SSSR count). The van der Waals surface area contributed by atoms with Crippen LogP contribution in [0.3, 0.4) is 0 Å². The summed E-state index contributed by atoms with van der Waals surface area (Å²) < 4.78 is 0. The summed E-state index contributed by atoms with van der Waals surface area (Å²) in [7, 11) is 18.0. The van der Waals surface area contributed by atoms with E-state index in [0.717, 1.165) is 33.2 Å². The van der Waals surface area contributed by atoms with E-state index in [2.05, 4.69) is 75.4 Å². The van der Waals surface area contributed by atoms with Crippen molar-refractivity contribution < 1.29 is 0 Å². The van der Waals surface area contributed by atoms with Gasteiger partial charge >= 0.3 is 0 Å². The van der Waals surface area contributed by atoms with Crippen LogP contribution in [0.25, 0.3) is 0 Å². The molecule has 24 radical (unpaired) electrons. The van der Waals surface area contributed by atoms with Crippen molar-refractivity contribution in [2.24, 2.45) is 0 Å². The van der Waals surface area contributed by atoms with E-state index in [-0.39, 0.29) is 71.8 Å². The first-order valence-electron chi connectivity index (χ1n) is 6.73. The van der Waals surface area contributed by atoms with Crippen molar-refractivity contribution in [1.82, 2.24) is 9.80 Å². The molecule has 0 unspecified atom stereocenters. The second-order valence-corrected chi connectivity index (χ2v) is 3.52. The van der Waals surface area contributed by atoms with E-state index in [9.17, 15) is 0 Å². The van der Waals surface area contributed by atoms with Gasteiger partial charge in [-0.25, -0.2) is 0 Å². The van der Waals surface area contributed by atoms with Crippen molar-refractivity contribution in [3.63, 3.8) is 0 Å². The summed E-state index contributed by atoms with van der Waals surface area (Å²) in [5, 5.41) is 0. The quantitative estimate of drug-likeness (QED) is 0.497. The first-order chi connectivity index (χ1) is 8.66. The minimum atomic E-state index is 0. The minimum Gasteiger partial charge on any atom is -0.288 e. The minimum absolute atomic E-state index is 0. The van der Waals surface area contributed by atoms with Gasteiger partial charge in [0.15, 0.2) is 0 Å². The normalized spacial score (nSPS) is 6.37. The van der Waals surface area contributed by atoms with Crippen LogP contribution in [-0.2, 0) is 0 Å². The molecule has 0 aromatic rings. The fourth-order valence-corrected chi connectivity index (χ4v) is 2.04. The Hall–Kier alpha value is 0.569. The smallest absolute Gasteiger partial charge is 0.0619 e. The van der Waals surface area contributed by atoms with Crippen molar-refractivity contribution in [3.05, 3.63) is 0 Å². The van der Waals surface area contributed by atoms with E-state index < -0.39 is 0 Å². The molecule has 0 bridgehead atoms. The molecule has 0 saturated heterocycles. The monoisotopic (exact) mass is 360 g/mol. The van der Waals surface area contributed by atoms with Gasteiger partial charge in [-0.1, -0.05) is 64.3 Å². The second-order valence-electron chi connectivity index (χ2n) is 3.52. The van der Waals surface area contributed by atoms with Crippen LogP contribution in [0, 0.1) is 0 Å². The Morgan fingerprint density at radius 1 is 0.593 bits per heavy atom. The molecular weight excluding hydrogens is 316 g/mol. The lowest BCUT2D eigenvalue weighted by Crippen LogP contribution is -2.47. The molecule has 0 aliphatic carbocycles. The summed E-state index contributed by atoms with van der Waals surface area (Å²) in [5.74, 6) is 0. The molecule has 0 amide bonds. The largest absolute Gasteiger partial charge is 0.288 e. The second kappa shape index (κ2) is 71.7. The van der Waals surface area contributed by atoms with Crippen molar-refractivity contribution in [2.45, 2.75) is 76.9 Å². The highest BCUT2D eigenvalue weighted by Gasteiger charge is 2.18. The number of hydrogen-bond acceptors (Lipinski definition) is 2.